The van der Waals surface area contributed by atoms with E-state index in [1.165, 1.54) is 30.9 Å². The minimum Gasteiger partial charge on any atom is -0.391 e. The third-order valence-corrected chi connectivity index (χ3v) is 3.95. The van der Waals surface area contributed by atoms with E-state index in [1.807, 2.05) is 0 Å². The normalized spacial score (nSPS) is 13.5. The lowest BCUT2D eigenvalue weighted by molar-refractivity contribution is -0.0590. The van der Waals surface area contributed by atoms with Crippen LogP contribution >= 0.6 is 0 Å². The average Bonchev–Trinajstić information content (AvgIpc) is 2.97. The van der Waals surface area contributed by atoms with E-state index in [2.05, 4.69) is 15.5 Å². The summed E-state index contributed by atoms with van der Waals surface area (Å²) in [6.45, 7) is 3.54. The predicted octanol–water partition coefficient (Wildman–Crippen LogP) is 3.29. The lowest BCUT2D eigenvalue weighted by atomic mass is 9.96. The zero-order chi connectivity index (χ0) is 21.1. The Morgan fingerprint density at radius 3 is 2.61 bits per heavy atom. The molecule has 1 aromatic carbocycles. The molecule has 0 saturated carbocycles. The van der Waals surface area contributed by atoms with E-state index in [-0.39, 0.29) is 28.9 Å². The van der Waals surface area contributed by atoms with Gasteiger partial charge in [0.2, 0.25) is 0 Å². The van der Waals surface area contributed by atoms with Crippen molar-refractivity contribution in [3.63, 3.8) is 0 Å². The number of hydrogen-bond donors (Lipinski definition) is 3. The van der Waals surface area contributed by atoms with Gasteiger partial charge in [-0.05, 0) is 37.6 Å². The molecule has 152 valence electrons. The van der Waals surface area contributed by atoms with Gasteiger partial charge in [-0.15, -0.1) is 0 Å². The molecule has 0 bridgehead atoms. The van der Waals surface area contributed by atoms with Crippen molar-refractivity contribution in [1.82, 2.24) is 20.3 Å². The summed E-state index contributed by atoms with van der Waals surface area (Å²) in [5.41, 5.74) is -0.799. The first-order valence-electron chi connectivity index (χ1n) is 8.51. The summed E-state index contributed by atoms with van der Waals surface area (Å²) in [7, 11) is 1.50. The first kappa shape index (κ1) is 21.5. The van der Waals surface area contributed by atoms with Crippen molar-refractivity contribution >= 4 is 5.71 Å². The van der Waals surface area contributed by atoms with Gasteiger partial charge in [-0.3, -0.25) is 5.41 Å². The summed E-state index contributed by atoms with van der Waals surface area (Å²) in [6.07, 6.45) is -5.02. The molecule has 0 fully saturated rings. The fourth-order valence-electron chi connectivity index (χ4n) is 2.67. The molecule has 2 rings (SSSR count). The van der Waals surface area contributed by atoms with Gasteiger partial charge in [0.25, 0.3) is 0 Å². The molecule has 6 nitrogen and oxygen atoms in total. The van der Waals surface area contributed by atoms with Crippen LogP contribution in [0.15, 0.2) is 30.0 Å². The van der Waals surface area contributed by atoms with Crippen LogP contribution in [0.4, 0.5) is 17.6 Å². The zero-order valence-corrected chi connectivity index (χ0v) is 15.6. The van der Waals surface area contributed by atoms with Crippen LogP contribution in [-0.4, -0.2) is 38.5 Å². The number of aliphatic hydroxyl groups is 1. The number of nitrogens with one attached hydrogen (secondary N) is 2. The number of aliphatic hydroxyl groups excluding tert-OH is 1. The van der Waals surface area contributed by atoms with Crippen LogP contribution in [0.3, 0.4) is 0 Å². The highest BCUT2D eigenvalue weighted by Gasteiger charge is 2.37. The van der Waals surface area contributed by atoms with E-state index < -0.39 is 23.8 Å². The summed E-state index contributed by atoms with van der Waals surface area (Å²) >= 11 is 0. The molecule has 0 radical (unpaired) electrons. The molecule has 1 aromatic heterocycles. The molecular weight excluding hydrogens is 378 g/mol. The summed E-state index contributed by atoms with van der Waals surface area (Å²) in [6, 6.07) is 3.71. The van der Waals surface area contributed by atoms with Crippen LogP contribution in [-0.2, 0) is 13.5 Å². The Hall–Kier alpha value is -2.75. The van der Waals surface area contributed by atoms with Gasteiger partial charge in [-0.25, -0.2) is 4.39 Å². The average molecular weight is 399 g/mol. The van der Waals surface area contributed by atoms with Crippen LogP contribution < -0.4 is 5.32 Å². The first-order valence-corrected chi connectivity index (χ1v) is 8.51. The maximum atomic E-state index is 13.6. The Labute approximate surface area is 159 Å². The fraction of sp³-hybridized carbons (Fsp3) is 0.389. The molecule has 1 atom stereocenters. The molecule has 1 heterocycles. The molecular formula is C18H21F4N5O. The number of alkyl halides is 3. The summed E-state index contributed by atoms with van der Waals surface area (Å²) in [5, 5.41) is 28.4. The number of allylic oxidation sites excluding steroid dienone is 1. The summed E-state index contributed by atoms with van der Waals surface area (Å²) < 4.78 is 52.8. The highest BCUT2D eigenvalue weighted by Crippen LogP contribution is 2.31. The van der Waals surface area contributed by atoms with Gasteiger partial charge >= 0.3 is 6.18 Å². The van der Waals surface area contributed by atoms with Gasteiger partial charge in [0.15, 0.2) is 0 Å². The standard InChI is InChI=1S/C18H21F4N5O/c1-4-24-9-11(17(23)18(20,21)22)7-15-16(26-27(3)25-15)13-6-5-12(19)8-14(13)10(2)28/h5-6,8-10,23-24,28H,4,7H2,1-3H3/b11-9-,23-17?/t10-/m1/s1. The van der Waals surface area contributed by atoms with Crippen LogP contribution in [0.1, 0.15) is 31.2 Å². The van der Waals surface area contributed by atoms with E-state index in [9.17, 15) is 22.7 Å². The predicted molar refractivity (Wildman–Crippen MR) is 96.3 cm³/mol. The first-order chi connectivity index (χ1) is 13.0. The Kier molecular flexibility index (Phi) is 6.55. The Morgan fingerprint density at radius 1 is 1.36 bits per heavy atom. The lowest BCUT2D eigenvalue weighted by Gasteiger charge is -2.14. The van der Waals surface area contributed by atoms with E-state index in [1.54, 1.807) is 6.92 Å². The topological polar surface area (TPSA) is 86.8 Å². The van der Waals surface area contributed by atoms with Gasteiger partial charge in [-0.2, -0.15) is 28.2 Å². The number of benzene rings is 1. The van der Waals surface area contributed by atoms with Crippen molar-refractivity contribution in [3.8, 4) is 11.3 Å². The van der Waals surface area contributed by atoms with Crippen molar-refractivity contribution in [2.24, 2.45) is 7.05 Å². The number of nitrogens with zero attached hydrogens (tertiary/aromatic N) is 3. The second-order valence-electron chi connectivity index (χ2n) is 6.17. The largest absolute Gasteiger partial charge is 0.432 e. The SMILES string of the molecule is CCN/C=C(/Cc1nn(C)nc1-c1ccc(F)cc1[C@@H](C)O)C(=N)C(F)(F)F. The molecule has 10 heteroatoms. The molecule has 2 aromatic rings. The maximum Gasteiger partial charge on any atom is 0.432 e. The molecule has 0 spiro atoms. The molecule has 0 aliphatic heterocycles. The van der Waals surface area contributed by atoms with Gasteiger partial charge in [0.05, 0.1) is 11.8 Å². The Morgan fingerprint density at radius 2 is 2.04 bits per heavy atom. The van der Waals surface area contributed by atoms with Crippen molar-refractivity contribution in [1.29, 1.82) is 5.41 Å². The van der Waals surface area contributed by atoms with Gasteiger partial charge in [0, 0.05) is 37.3 Å². The Balaban J connectivity index is 2.53. The highest BCUT2D eigenvalue weighted by molar-refractivity contribution is 6.02. The van der Waals surface area contributed by atoms with E-state index in [4.69, 9.17) is 5.41 Å². The number of rotatable bonds is 7. The van der Waals surface area contributed by atoms with E-state index >= 15 is 0 Å². The van der Waals surface area contributed by atoms with E-state index in [0.29, 0.717) is 12.1 Å². The third kappa shape index (κ3) is 4.94. The number of hydrogen-bond acceptors (Lipinski definition) is 5. The molecule has 0 unspecified atom stereocenters. The quantitative estimate of drug-likeness (QED) is 0.493. The third-order valence-electron chi connectivity index (χ3n) is 3.95. The minimum atomic E-state index is -4.82. The van der Waals surface area contributed by atoms with Gasteiger partial charge in [-0.1, -0.05) is 0 Å². The van der Waals surface area contributed by atoms with Crippen LogP contribution in [0, 0.1) is 11.2 Å². The number of aryl methyl sites for hydroxylation is 1. The van der Waals surface area contributed by atoms with Crippen molar-refractivity contribution in [2.45, 2.75) is 32.5 Å². The van der Waals surface area contributed by atoms with Crippen LogP contribution in [0.25, 0.3) is 11.3 Å². The molecule has 0 amide bonds. The van der Waals surface area contributed by atoms with Crippen molar-refractivity contribution < 1.29 is 22.7 Å². The van der Waals surface area contributed by atoms with Gasteiger partial charge in [0.1, 0.15) is 17.2 Å². The van der Waals surface area contributed by atoms with Gasteiger partial charge < -0.3 is 10.4 Å². The van der Waals surface area contributed by atoms with E-state index in [0.717, 1.165) is 12.3 Å². The minimum absolute atomic E-state index is 0.175. The lowest BCUT2D eigenvalue weighted by Crippen LogP contribution is -2.26. The van der Waals surface area contributed by atoms with Crippen LogP contribution in [0.5, 0.6) is 0 Å². The molecule has 0 aliphatic carbocycles. The molecule has 0 saturated heterocycles. The maximum absolute atomic E-state index is 13.6. The summed E-state index contributed by atoms with van der Waals surface area (Å²) in [4.78, 5) is 1.18. The van der Waals surface area contributed by atoms with Crippen molar-refractivity contribution in [2.75, 3.05) is 6.54 Å². The van der Waals surface area contributed by atoms with Crippen molar-refractivity contribution in [3.05, 3.63) is 47.0 Å². The molecule has 0 aliphatic rings. The molecule has 28 heavy (non-hydrogen) atoms. The zero-order valence-electron chi connectivity index (χ0n) is 15.6. The van der Waals surface area contributed by atoms with Crippen LogP contribution in [0.2, 0.25) is 0 Å². The fourth-order valence-corrected chi connectivity index (χ4v) is 2.67. The number of aromatic nitrogens is 3. The highest BCUT2D eigenvalue weighted by atomic mass is 19.4. The smallest absolute Gasteiger partial charge is 0.391 e. The summed E-state index contributed by atoms with van der Waals surface area (Å²) in [5.74, 6) is -0.559. The second-order valence-corrected chi connectivity index (χ2v) is 6.17. The second kappa shape index (κ2) is 8.51. The molecule has 3 N–H and O–H groups in total. The Bertz CT molecular complexity index is 887. The number of halogens is 4. The monoisotopic (exact) mass is 399 g/mol.